The highest BCUT2D eigenvalue weighted by molar-refractivity contribution is 7.98. The summed E-state index contributed by atoms with van der Waals surface area (Å²) in [4.78, 5) is 43.5. The number of aryl methyl sites for hydroxylation is 1. The number of carbonyl (C=O) groups is 1. The second-order valence-corrected chi connectivity index (χ2v) is 11.4. The van der Waals surface area contributed by atoms with Gasteiger partial charge in [0.15, 0.2) is 17.3 Å². The smallest absolute Gasteiger partial charge is 0.276 e. The lowest BCUT2D eigenvalue weighted by atomic mass is 10.2. The van der Waals surface area contributed by atoms with Crippen LogP contribution < -0.4 is 5.56 Å². The van der Waals surface area contributed by atoms with Crippen LogP contribution in [0.2, 0.25) is 5.02 Å². The van der Waals surface area contributed by atoms with Gasteiger partial charge in [-0.2, -0.15) is 4.98 Å². The molecule has 0 aliphatic rings. The van der Waals surface area contributed by atoms with Gasteiger partial charge in [-0.1, -0.05) is 56.3 Å². The summed E-state index contributed by atoms with van der Waals surface area (Å²) in [7, 11) is 0. The molecule has 11 heteroatoms. The molecule has 0 aliphatic carbocycles. The van der Waals surface area contributed by atoms with Crippen LogP contribution in [0.1, 0.15) is 43.6 Å². The molecule has 2 aromatic carbocycles. The standard InChI is InChI=1S/C32H36ClFN6O2S/c1-4-25-20-40(32(37-31(25)42)43-22-23-7-13-28(34)14-8-23)29(21-41)39(16-15-38(5-2)6-3)19-24-17-35-30(36-18-24)26-9-11-27(33)12-10-26/h7-14,17-18,20-21,29H,4-6,15-16,19,22H2,1-3H3. The third-order valence-corrected chi connectivity index (χ3v) is 8.51. The van der Waals surface area contributed by atoms with E-state index in [1.54, 1.807) is 47.4 Å². The lowest BCUT2D eigenvalue weighted by Gasteiger charge is -2.32. The summed E-state index contributed by atoms with van der Waals surface area (Å²) in [6, 6.07) is 13.5. The molecule has 2 aromatic heterocycles. The largest absolute Gasteiger partial charge is 0.304 e. The van der Waals surface area contributed by atoms with Crippen molar-refractivity contribution in [1.29, 1.82) is 0 Å². The molecule has 0 amide bonds. The molecule has 0 radical (unpaired) electrons. The van der Waals surface area contributed by atoms with Crippen molar-refractivity contribution in [3.8, 4) is 11.4 Å². The maximum atomic E-state index is 13.4. The Morgan fingerprint density at radius 1 is 0.977 bits per heavy atom. The number of hydrogen-bond donors (Lipinski definition) is 0. The number of hydrogen-bond acceptors (Lipinski definition) is 8. The number of nitrogens with zero attached hydrogens (tertiary/aromatic N) is 6. The molecule has 0 N–H and O–H groups in total. The summed E-state index contributed by atoms with van der Waals surface area (Å²) < 4.78 is 15.2. The summed E-state index contributed by atoms with van der Waals surface area (Å²) >= 11 is 7.37. The fourth-order valence-corrected chi connectivity index (χ4v) is 5.69. The van der Waals surface area contributed by atoms with E-state index >= 15 is 0 Å². The third kappa shape index (κ3) is 8.79. The zero-order chi connectivity index (χ0) is 30.8. The van der Waals surface area contributed by atoms with Crippen molar-refractivity contribution in [3.63, 3.8) is 0 Å². The van der Waals surface area contributed by atoms with E-state index in [0.29, 0.717) is 46.8 Å². The van der Waals surface area contributed by atoms with Crippen LogP contribution in [-0.4, -0.2) is 61.8 Å². The number of likely N-dealkylation sites (N-methyl/N-ethyl adjacent to an activating group) is 1. The quantitative estimate of drug-likeness (QED) is 0.0922. The van der Waals surface area contributed by atoms with Crippen molar-refractivity contribution in [2.24, 2.45) is 0 Å². The molecule has 4 rings (SSSR count). The number of thioether (sulfide) groups is 1. The lowest BCUT2D eigenvalue weighted by Crippen LogP contribution is -2.40. The van der Waals surface area contributed by atoms with E-state index in [4.69, 9.17) is 11.6 Å². The highest BCUT2D eigenvalue weighted by Gasteiger charge is 2.24. The normalized spacial score (nSPS) is 12.2. The van der Waals surface area contributed by atoms with Crippen LogP contribution in [0.4, 0.5) is 4.39 Å². The summed E-state index contributed by atoms with van der Waals surface area (Å²) in [5.41, 5.74) is 2.79. The summed E-state index contributed by atoms with van der Waals surface area (Å²) in [5, 5.41) is 1.06. The zero-order valence-corrected chi connectivity index (χ0v) is 26.2. The fraction of sp³-hybridized carbons (Fsp3) is 0.344. The van der Waals surface area contributed by atoms with Gasteiger partial charge in [0.05, 0.1) is 0 Å². The van der Waals surface area contributed by atoms with Crippen LogP contribution in [0, 0.1) is 5.82 Å². The second-order valence-electron chi connectivity index (χ2n) is 10.00. The SMILES string of the molecule is CCc1cn(C(C=O)N(CCN(CC)CC)Cc2cnc(-c3ccc(Cl)cc3)nc2)c(SCc2ccc(F)cc2)nc1=O. The molecule has 8 nitrogen and oxygen atoms in total. The molecule has 43 heavy (non-hydrogen) atoms. The first kappa shape index (κ1) is 32.5. The summed E-state index contributed by atoms with van der Waals surface area (Å²) in [5.74, 6) is 0.730. The van der Waals surface area contributed by atoms with Gasteiger partial charge in [0.2, 0.25) is 0 Å². The van der Waals surface area contributed by atoms with Crippen LogP contribution in [0.15, 0.2) is 77.1 Å². The van der Waals surface area contributed by atoms with Gasteiger partial charge in [-0.05, 0) is 61.5 Å². The molecule has 0 spiro atoms. The van der Waals surface area contributed by atoms with Crippen LogP contribution in [-0.2, 0) is 23.5 Å². The lowest BCUT2D eigenvalue weighted by molar-refractivity contribution is -0.116. The monoisotopic (exact) mass is 622 g/mol. The first-order valence-corrected chi connectivity index (χ1v) is 15.7. The molecule has 0 fully saturated rings. The van der Waals surface area contributed by atoms with E-state index in [-0.39, 0.29) is 11.4 Å². The Bertz CT molecular complexity index is 1530. The molecule has 1 atom stereocenters. The fourth-order valence-electron chi connectivity index (χ4n) is 4.62. The molecular formula is C32H36ClFN6O2S. The maximum Gasteiger partial charge on any atom is 0.276 e. The molecule has 0 bridgehead atoms. The Morgan fingerprint density at radius 2 is 1.65 bits per heavy atom. The topological polar surface area (TPSA) is 84.2 Å². The predicted molar refractivity (Wildman–Crippen MR) is 170 cm³/mol. The first-order valence-electron chi connectivity index (χ1n) is 14.3. The van der Waals surface area contributed by atoms with Crippen molar-refractivity contribution in [1.82, 2.24) is 29.3 Å². The van der Waals surface area contributed by atoms with Gasteiger partial charge in [0.1, 0.15) is 12.0 Å². The maximum absolute atomic E-state index is 13.4. The minimum Gasteiger partial charge on any atom is -0.304 e. The Kier molecular flexibility index (Phi) is 12.0. The molecule has 2 heterocycles. The Labute approximate surface area is 261 Å². The van der Waals surface area contributed by atoms with Gasteiger partial charge in [0, 0.05) is 65.7 Å². The van der Waals surface area contributed by atoms with Crippen molar-refractivity contribution in [3.05, 3.63) is 105 Å². The Hall–Kier alpha value is -3.44. The number of aromatic nitrogens is 4. The van der Waals surface area contributed by atoms with Crippen LogP contribution in [0.5, 0.6) is 0 Å². The molecule has 0 saturated heterocycles. The van der Waals surface area contributed by atoms with Gasteiger partial charge in [-0.15, -0.1) is 0 Å². The van der Waals surface area contributed by atoms with Gasteiger partial charge < -0.3 is 9.47 Å². The van der Waals surface area contributed by atoms with Gasteiger partial charge in [0.25, 0.3) is 5.56 Å². The van der Waals surface area contributed by atoms with E-state index in [1.165, 1.54) is 23.9 Å². The number of rotatable bonds is 15. The number of carbonyl (C=O) groups excluding carboxylic acids is 1. The third-order valence-electron chi connectivity index (χ3n) is 7.22. The van der Waals surface area contributed by atoms with Crippen LogP contribution in [0.25, 0.3) is 11.4 Å². The number of aldehydes is 1. The predicted octanol–water partition coefficient (Wildman–Crippen LogP) is 5.89. The van der Waals surface area contributed by atoms with Crippen LogP contribution in [0.3, 0.4) is 0 Å². The van der Waals surface area contributed by atoms with Crippen molar-refractivity contribution in [2.75, 3.05) is 26.2 Å². The molecular weight excluding hydrogens is 587 g/mol. The Morgan fingerprint density at radius 3 is 2.26 bits per heavy atom. The minimum absolute atomic E-state index is 0.314. The first-order chi connectivity index (χ1) is 20.8. The van der Waals surface area contributed by atoms with Crippen LogP contribution >= 0.6 is 23.4 Å². The second kappa shape index (κ2) is 15.9. The molecule has 226 valence electrons. The van der Waals surface area contributed by atoms with E-state index in [9.17, 15) is 14.0 Å². The van der Waals surface area contributed by atoms with E-state index in [1.807, 2.05) is 19.1 Å². The molecule has 1 unspecified atom stereocenters. The molecule has 4 aromatic rings. The molecule has 0 saturated carbocycles. The van der Waals surface area contributed by atoms with E-state index in [2.05, 4.69) is 38.6 Å². The average Bonchev–Trinajstić information content (AvgIpc) is 3.03. The number of halogens is 2. The van der Waals surface area contributed by atoms with E-state index < -0.39 is 6.17 Å². The average molecular weight is 623 g/mol. The Balaban J connectivity index is 1.66. The summed E-state index contributed by atoms with van der Waals surface area (Å²) in [6.45, 7) is 9.60. The van der Waals surface area contributed by atoms with Gasteiger partial charge >= 0.3 is 0 Å². The molecule has 0 aliphatic heterocycles. The van der Waals surface area contributed by atoms with Crippen molar-refractivity contribution >= 4 is 29.6 Å². The van der Waals surface area contributed by atoms with E-state index in [0.717, 1.165) is 42.6 Å². The highest BCUT2D eigenvalue weighted by atomic mass is 35.5. The number of benzene rings is 2. The summed E-state index contributed by atoms with van der Waals surface area (Å²) in [6.07, 6.45) is 5.92. The highest BCUT2D eigenvalue weighted by Crippen LogP contribution is 2.26. The van der Waals surface area contributed by atoms with Gasteiger partial charge in [-0.3, -0.25) is 14.5 Å². The van der Waals surface area contributed by atoms with Gasteiger partial charge in [-0.25, -0.2) is 14.4 Å². The zero-order valence-electron chi connectivity index (χ0n) is 24.6. The van der Waals surface area contributed by atoms with Crippen molar-refractivity contribution in [2.45, 2.75) is 50.8 Å². The van der Waals surface area contributed by atoms with Crippen molar-refractivity contribution < 1.29 is 9.18 Å². The minimum atomic E-state index is -0.736.